The SMILES string of the molecule is COc1cc(CN2CCN(C)CC2)ccc1-c1nc2ncc(Cl)c(N[C@@H]3CCCCC3NS(C)(=O)=O)c2[nH]1. The first-order valence-corrected chi connectivity index (χ1v) is 15.3. The standard InChI is InChI=1S/C26H36ClN7O3S/c1-33-10-12-34(13-11-33)16-17-8-9-18(22(14-17)37-2)25-30-24-23(19(27)15-28-26(24)31-25)29-20-6-4-5-7-21(20)32-38(3,35)36/h8-9,14-15,20-21,32H,4-7,10-13,16H2,1-3H3,(H2,28,29,30,31)/t20-,21?/m1/s1. The molecular formula is C26H36ClN7O3S. The minimum Gasteiger partial charge on any atom is -0.496 e. The molecule has 38 heavy (non-hydrogen) atoms. The number of likely N-dealkylation sites (N-methyl/N-ethyl adjacent to an activating group) is 1. The van der Waals surface area contributed by atoms with Crippen molar-refractivity contribution in [3.8, 4) is 17.1 Å². The van der Waals surface area contributed by atoms with E-state index in [4.69, 9.17) is 21.3 Å². The first-order valence-electron chi connectivity index (χ1n) is 13.1. The summed E-state index contributed by atoms with van der Waals surface area (Å²) in [4.78, 5) is 17.4. The third kappa shape index (κ3) is 6.23. The molecule has 1 unspecified atom stereocenters. The number of methoxy groups -OCH3 is 1. The van der Waals surface area contributed by atoms with Crippen molar-refractivity contribution < 1.29 is 13.2 Å². The number of aromatic amines is 1. The zero-order valence-corrected chi connectivity index (χ0v) is 23.7. The van der Waals surface area contributed by atoms with Crippen molar-refractivity contribution in [2.24, 2.45) is 0 Å². The monoisotopic (exact) mass is 561 g/mol. The third-order valence-corrected chi connectivity index (χ3v) is 8.48. The van der Waals surface area contributed by atoms with Crippen LogP contribution in [0.1, 0.15) is 31.2 Å². The van der Waals surface area contributed by atoms with Crippen molar-refractivity contribution in [1.82, 2.24) is 29.5 Å². The Kier molecular flexibility index (Phi) is 8.11. The van der Waals surface area contributed by atoms with Crippen LogP contribution in [0.3, 0.4) is 0 Å². The van der Waals surface area contributed by atoms with E-state index in [1.165, 1.54) is 11.8 Å². The summed E-state index contributed by atoms with van der Waals surface area (Å²) in [5.74, 6) is 1.37. The third-order valence-electron chi connectivity index (χ3n) is 7.46. The molecule has 2 aromatic heterocycles. The fraction of sp³-hybridized carbons (Fsp3) is 0.538. The number of piperazine rings is 1. The van der Waals surface area contributed by atoms with Crippen LogP contribution in [-0.4, -0.2) is 91.8 Å². The van der Waals surface area contributed by atoms with Crippen molar-refractivity contribution in [2.45, 2.75) is 44.3 Å². The Hall–Kier alpha value is -2.44. The predicted octanol–water partition coefficient (Wildman–Crippen LogP) is 3.31. The average Bonchev–Trinajstić information content (AvgIpc) is 3.31. The number of nitrogens with zero attached hydrogens (tertiary/aromatic N) is 4. The highest BCUT2D eigenvalue weighted by Gasteiger charge is 2.29. The molecule has 3 aromatic rings. The van der Waals surface area contributed by atoms with Gasteiger partial charge in [0.15, 0.2) is 5.65 Å². The number of ether oxygens (including phenoxy) is 1. The maximum absolute atomic E-state index is 11.9. The Morgan fingerprint density at radius 2 is 1.89 bits per heavy atom. The fourth-order valence-corrected chi connectivity index (χ4v) is 6.43. The number of aromatic nitrogens is 3. The summed E-state index contributed by atoms with van der Waals surface area (Å²) >= 11 is 6.60. The van der Waals surface area contributed by atoms with Crippen LogP contribution in [0.15, 0.2) is 24.4 Å². The topological polar surface area (TPSA) is 115 Å². The van der Waals surface area contributed by atoms with Gasteiger partial charge in [0, 0.05) is 44.8 Å². The van der Waals surface area contributed by atoms with Crippen LogP contribution in [-0.2, 0) is 16.6 Å². The van der Waals surface area contributed by atoms with Crippen molar-refractivity contribution in [3.63, 3.8) is 0 Å². The second kappa shape index (κ2) is 11.4. The van der Waals surface area contributed by atoms with Gasteiger partial charge in [-0.05, 0) is 37.6 Å². The van der Waals surface area contributed by atoms with Crippen LogP contribution >= 0.6 is 11.6 Å². The van der Waals surface area contributed by atoms with Gasteiger partial charge in [-0.1, -0.05) is 30.5 Å². The van der Waals surface area contributed by atoms with Crippen LogP contribution in [0.25, 0.3) is 22.6 Å². The lowest BCUT2D eigenvalue weighted by Gasteiger charge is -2.33. The number of imidazole rings is 1. The molecule has 206 valence electrons. The minimum atomic E-state index is -3.33. The molecule has 5 rings (SSSR count). The number of nitrogens with one attached hydrogen (secondary N) is 3. The van der Waals surface area contributed by atoms with E-state index < -0.39 is 10.0 Å². The van der Waals surface area contributed by atoms with Crippen LogP contribution < -0.4 is 14.8 Å². The molecule has 0 amide bonds. The molecule has 1 saturated heterocycles. The number of fused-ring (bicyclic) bond motifs is 1. The van der Waals surface area contributed by atoms with Crippen molar-refractivity contribution >= 4 is 38.5 Å². The molecule has 2 aliphatic rings. The molecule has 2 fully saturated rings. The summed E-state index contributed by atoms with van der Waals surface area (Å²) in [6.07, 6.45) is 6.36. The smallest absolute Gasteiger partial charge is 0.209 e. The van der Waals surface area contributed by atoms with Crippen molar-refractivity contribution in [1.29, 1.82) is 0 Å². The Labute approximate surface area is 229 Å². The summed E-state index contributed by atoms with van der Waals surface area (Å²) in [7, 11) is 0.495. The van der Waals surface area contributed by atoms with E-state index >= 15 is 0 Å². The molecule has 3 heterocycles. The maximum Gasteiger partial charge on any atom is 0.209 e. The molecular weight excluding hydrogens is 526 g/mol. The van der Waals surface area contributed by atoms with E-state index in [1.54, 1.807) is 13.3 Å². The van der Waals surface area contributed by atoms with Crippen LogP contribution in [0.5, 0.6) is 5.75 Å². The molecule has 3 N–H and O–H groups in total. The number of anilines is 1. The Morgan fingerprint density at radius 1 is 1.16 bits per heavy atom. The number of H-pyrrole nitrogens is 1. The molecule has 0 bridgehead atoms. The van der Waals surface area contributed by atoms with Gasteiger partial charge in [-0.3, -0.25) is 4.90 Å². The number of hydrogen-bond acceptors (Lipinski definition) is 8. The van der Waals surface area contributed by atoms with Gasteiger partial charge in [0.25, 0.3) is 0 Å². The van der Waals surface area contributed by atoms with Gasteiger partial charge in [-0.15, -0.1) is 0 Å². The molecule has 1 saturated carbocycles. The second-order valence-corrected chi connectivity index (χ2v) is 12.6. The van der Waals surface area contributed by atoms with Gasteiger partial charge in [-0.2, -0.15) is 0 Å². The molecule has 1 aliphatic carbocycles. The number of hydrogen-bond donors (Lipinski definition) is 3. The highest BCUT2D eigenvalue weighted by molar-refractivity contribution is 7.88. The van der Waals surface area contributed by atoms with Gasteiger partial charge in [-0.25, -0.2) is 23.1 Å². The number of rotatable bonds is 8. The summed E-state index contributed by atoms with van der Waals surface area (Å²) in [6, 6.07) is 5.91. The molecule has 0 spiro atoms. The predicted molar refractivity (Wildman–Crippen MR) is 151 cm³/mol. The van der Waals surface area contributed by atoms with E-state index in [0.717, 1.165) is 69.7 Å². The van der Waals surface area contributed by atoms with E-state index in [-0.39, 0.29) is 12.1 Å². The summed E-state index contributed by atoms with van der Waals surface area (Å²) in [6.45, 7) is 5.12. The Bertz CT molecular complexity index is 1390. The van der Waals surface area contributed by atoms with E-state index in [2.05, 4.69) is 49.0 Å². The number of sulfonamides is 1. The van der Waals surface area contributed by atoms with Gasteiger partial charge in [0.1, 0.15) is 17.1 Å². The highest BCUT2D eigenvalue weighted by Crippen LogP contribution is 2.35. The molecule has 10 nitrogen and oxygen atoms in total. The largest absolute Gasteiger partial charge is 0.496 e. The first-order chi connectivity index (χ1) is 18.2. The van der Waals surface area contributed by atoms with Gasteiger partial charge in [0.2, 0.25) is 10.0 Å². The van der Waals surface area contributed by atoms with Gasteiger partial charge in [0.05, 0.1) is 35.8 Å². The summed E-state index contributed by atoms with van der Waals surface area (Å²) in [5.41, 5.74) is 3.91. The number of benzene rings is 1. The van der Waals surface area contributed by atoms with E-state index in [0.29, 0.717) is 27.7 Å². The quantitative estimate of drug-likeness (QED) is 0.384. The molecule has 12 heteroatoms. The van der Waals surface area contributed by atoms with E-state index in [1.807, 2.05) is 6.07 Å². The van der Waals surface area contributed by atoms with Crippen molar-refractivity contribution in [3.05, 3.63) is 35.0 Å². The number of halogens is 1. The molecule has 2 atom stereocenters. The maximum atomic E-state index is 11.9. The highest BCUT2D eigenvalue weighted by atomic mass is 35.5. The lowest BCUT2D eigenvalue weighted by atomic mass is 9.91. The van der Waals surface area contributed by atoms with Crippen LogP contribution in [0, 0.1) is 0 Å². The molecule has 1 aliphatic heterocycles. The fourth-order valence-electron chi connectivity index (χ4n) is 5.40. The normalized spacial score (nSPS) is 21.6. The first kappa shape index (κ1) is 27.1. The average molecular weight is 562 g/mol. The zero-order valence-electron chi connectivity index (χ0n) is 22.1. The Morgan fingerprint density at radius 3 is 2.61 bits per heavy atom. The zero-order chi connectivity index (χ0) is 26.9. The Balaban J connectivity index is 1.42. The van der Waals surface area contributed by atoms with Crippen LogP contribution in [0.2, 0.25) is 5.02 Å². The van der Waals surface area contributed by atoms with Crippen LogP contribution in [0.4, 0.5) is 5.69 Å². The number of pyridine rings is 1. The summed E-state index contributed by atoms with van der Waals surface area (Å²) in [5, 5.41) is 3.96. The lowest BCUT2D eigenvalue weighted by molar-refractivity contribution is 0.148. The van der Waals surface area contributed by atoms with E-state index in [9.17, 15) is 8.42 Å². The lowest BCUT2D eigenvalue weighted by Crippen LogP contribution is -2.48. The van der Waals surface area contributed by atoms with Gasteiger partial charge < -0.3 is 19.9 Å². The van der Waals surface area contributed by atoms with Crippen molar-refractivity contribution in [2.75, 3.05) is 51.9 Å². The second-order valence-electron chi connectivity index (χ2n) is 10.4. The molecule has 0 radical (unpaired) electrons. The minimum absolute atomic E-state index is 0.100. The summed E-state index contributed by atoms with van der Waals surface area (Å²) < 4.78 is 32.4. The molecule has 1 aromatic carbocycles. The van der Waals surface area contributed by atoms with Gasteiger partial charge >= 0.3 is 0 Å².